The van der Waals surface area contributed by atoms with E-state index in [1.54, 1.807) is 4.68 Å². The van der Waals surface area contributed by atoms with Gasteiger partial charge in [0.25, 0.3) is 5.91 Å². The lowest BCUT2D eigenvalue weighted by molar-refractivity contribution is 0.0922. The summed E-state index contributed by atoms with van der Waals surface area (Å²) in [6.07, 6.45) is 1.50. The molecule has 0 aromatic carbocycles. The third-order valence-electron chi connectivity index (χ3n) is 2.76. The van der Waals surface area contributed by atoms with E-state index < -0.39 is 0 Å². The summed E-state index contributed by atoms with van der Waals surface area (Å²) in [7, 11) is 1.83. The normalized spacial score (nSPS) is 12.7. The summed E-state index contributed by atoms with van der Waals surface area (Å²) < 4.78 is 1.69. The van der Waals surface area contributed by atoms with Crippen LogP contribution >= 0.6 is 11.3 Å². The zero-order valence-electron chi connectivity index (χ0n) is 10.6. The van der Waals surface area contributed by atoms with Crippen LogP contribution in [0.4, 0.5) is 0 Å². The number of nitrogens with zero attached hydrogens (tertiary/aromatic N) is 3. The molecular formula is C12H16N4OS. The lowest BCUT2D eigenvalue weighted by atomic mass is 10.0. The minimum absolute atomic E-state index is 0.0713. The van der Waals surface area contributed by atoms with Crippen molar-refractivity contribution in [2.24, 2.45) is 13.0 Å². The number of rotatable bonds is 4. The first-order valence-corrected chi connectivity index (χ1v) is 6.71. The van der Waals surface area contributed by atoms with Crippen LogP contribution < -0.4 is 5.32 Å². The van der Waals surface area contributed by atoms with E-state index in [0.717, 1.165) is 5.82 Å². The molecule has 1 N–H and O–H groups in total. The predicted octanol–water partition coefficient (Wildman–Crippen LogP) is 2.00. The van der Waals surface area contributed by atoms with Gasteiger partial charge in [-0.1, -0.05) is 13.8 Å². The van der Waals surface area contributed by atoms with Crippen LogP contribution in [-0.4, -0.2) is 20.7 Å². The van der Waals surface area contributed by atoms with Gasteiger partial charge in [-0.3, -0.25) is 9.48 Å². The summed E-state index contributed by atoms with van der Waals surface area (Å²) >= 11 is 1.51. The summed E-state index contributed by atoms with van der Waals surface area (Å²) in [5.74, 6) is 0.946. The maximum absolute atomic E-state index is 12.1. The van der Waals surface area contributed by atoms with E-state index in [9.17, 15) is 4.79 Å². The fraction of sp³-hybridized carbons (Fsp3) is 0.417. The van der Waals surface area contributed by atoms with Crippen LogP contribution in [0.1, 0.15) is 36.1 Å². The molecule has 2 rings (SSSR count). The van der Waals surface area contributed by atoms with Crippen molar-refractivity contribution >= 4 is 17.2 Å². The van der Waals surface area contributed by atoms with Crippen LogP contribution in [0.25, 0.3) is 0 Å². The van der Waals surface area contributed by atoms with E-state index in [2.05, 4.69) is 15.4 Å². The first-order chi connectivity index (χ1) is 8.59. The molecule has 0 aliphatic heterocycles. The second-order valence-electron chi connectivity index (χ2n) is 4.45. The van der Waals surface area contributed by atoms with Gasteiger partial charge in [0.15, 0.2) is 0 Å². The number of aryl methyl sites for hydroxylation is 1. The molecule has 0 aliphatic carbocycles. The Labute approximate surface area is 110 Å². The van der Waals surface area contributed by atoms with Crippen molar-refractivity contribution in [1.29, 1.82) is 0 Å². The van der Waals surface area contributed by atoms with Crippen LogP contribution in [-0.2, 0) is 7.05 Å². The van der Waals surface area contributed by atoms with Crippen molar-refractivity contribution < 1.29 is 4.79 Å². The van der Waals surface area contributed by atoms with Crippen LogP contribution in [0.15, 0.2) is 23.2 Å². The van der Waals surface area contributed by atoms with Crippen molar-refractivity contribution in [1.82, 2.24) is 20.1 Å². The summed E-state index contributed by atoms with van der Waals surface area (Å²) in [5.41, 5.74) is 0.688. The number of carbonyl (C=O) groups is 1. The van der Waals surface area contributed by atoms with Crippen molar-refractivity contribution in [2.75, 3.05) is 0 Å². The van der Waals surface area contributed by atoms with Crippen LogP contribution in [0.5, 0.6) is 0 Å². The van der Waals surface area contributed by atoms with Crippen molar-refractivity contribution in [3.63, 3.8) is 0 Å². The van der Waals surface area contributed by atoms with Gasteiger partial charge in [-0.25, -0.2) is 4.98 Å². The molecule has 0 saturated heterocycles. The first-order valence-electron chi connectivity index (χ1n) is 5.76. The molecular weight excluding hydrogens is 248 g/mol. The largest absolute Gasteiger partial charge is 0.342 e. The predicted molar refractivity (Wildman–Crippen MR) is 70.4 cm³/mol. The molecule has 2 heterocycles. The molecule has 0 spiro atoms. The zero-order valence-corrected chi connectivity index (χ0v) is 11.4. The molecule has 96 valence electrons. The highest BCUT2D eigenvalue weighted by molar-refractivity contribution is 7.08. The Bertz CT molecular complexity index is 518. The van der Waals surface area contributed by atoms with Gasteiger partial charge in [-0.15, -0.1) is 0 Å². The fourth-order valence-corrected chi connectivity index (χ4v) is 2.37. The van der Waals surface area contributed by atoms with E-state index in [-0.39, 0.29) is 17.9 Å². The maximum atomic E-state index is 12.1. The molecule has 1 amide bonds. The van der Waals surface area contributed by atoms with E-state index in [0.29, 0.717) is 5.56 Å². The summed E-state index contributed by atoms with van der Waals surface area (Å²) in [6.45, 7) is 4.10. The molecule has 0 fully saturated rings. The SMILES string of the molecule is CC(C)[C@@H](NC(=O)c1ccsc1)c1ncnn1C. The number of carbonyl (C=O) groups excluding carboxylic acids is 1. The molecule has 6 heteroatoms. The average Bonchev–Trinajstić information content (AvgIpc) is 2.96. The minimum Gasteiger partial charge on any atom is -0.342 e. The van der Waals surface area contributed by atoms with Gasteiger partial charge in [-0.05, 0) is 17.4 Å². The summed E-state index contributed by atoms with van der Waals surface area (Å²) in [6, 6.07) is 1.68. The highest BCUT2D eigenvalue weighted by atomic mass is 32.1. The van der Waals surface area contributed by atoms with Crippen molar-refractivity contribution in [3.05, 3.63) is 34.5 Å². The molecule has 0 unspecified atom stereocenters. The Hall–Kier alpha value is -1.69. The lowest BCUT2D eigenvalue weighted by Gasteiger charge is -2.21. The van der Waals surface area contributed by atoms with Crippen LogP contribution in [0.2, 0.25) is 0 Å². The Balaban J connectivity index is 2.18. The molecule has 0 radical (unpaired) electrons. The summed E-state index contributed by atoms with van der Waals surface area (Å²) in [5, 5.41) is 10.8. The van der Waals surface area contributed by atoms with E-state index >= 15 is 0 Å². The second-order valence-corrected chi connectivity index (χ2v) is 5.23. The highest BCUT2D eigenvalue weighted by Gasteiger charge is 2.23. The second kappa shape index (κ2) is 5.30. The zero-order chi connectivity index (χ0) is 13.1. The fourth-order valence-electron chi connectivity index (χ4n) is 1.73. The minimum atomic E-state index is -0.134. The number of hydrogen-bond donors (Lipinski definition) is 1. The van der Waals surface area contributed by atoms with E-state index in [1.807, 2.05) is 37.7 Å². The monoisotopic (exact) mass is 264 g/mol. The number of amides is 1. The number of aromatic nitrogens is 3. The topological polar surface area (TPSA) is 59.8 Å². The Morgan fingerprint density at radius 3 is 2.78 bits per heavy atom. The molecule has 0 aliphatic rings. The molecule has 5 nitrogen and oxygen atoms in total. The van der Waals surface area contributed by atoms with Gasteiger partial charge >= 0.3 is 0 Å². The molecule has 2 aromatic heterocycles. The Kier molecular flexibility index (Phi) is 3.76. The first kappa shape index (κ1) is 12.8. The quantitative estimate of drug-likeness (QED) is 0.919. The van der Waals surface area contributed by atoms with E-state index in [4.69, 9.17) is 0 Å². The average molecular weight is 264 g/mol. The molecule has 0 saturated carbocycles. The van der Waals surface area contributed by atoms with Crippen LogP contribution in [0, 0.1) is 5.92 Å². The molecule has 18 heavy (non-hydrogen) atoms. The lowest BCUT2D eigenvalue weighted by Crippen LogP contribution is -2.33. The van der Waals surface area contributed by atoms with Crippen molar-refractivity contribution in [2.45, 2.75) is 19.9 Å². The standard InChI is InChI=1S/C12H16N4OS/c1-8(2)10(11-13-7-14-16(11)3)15-12(17)9-4-5-18-6-9/h4-8,10H,1-3H3,(H,15,17)/t10-/m1/s1. The van der Waals surface area contributed by atoms with Gasteiger partial charge in [0.1, 0.15) is 12.2 Å². The third kappa shape index (κ3) is 2.59. The highest BCUT2D eigenvalue weighted by Crippen LogP contribution is 2.19. The molecule has 2 aromatic rings. The Morgan fingerprint density at radius 2 is 2.28 bits per heavy atom. The van der Waals surface area contributed by atoms with Crippen LogP contribution in [0.3, 0.4) is 0 Å². The van der Waals surface area contributed by atoms with Gasteiger partial charge < -0.3 is 5.32 Å². The third-order valence-corrected chi connectivity index (χ3v) is 3.44. The van der Waals surface area contributed by atoms with E-state index in [1.165, 1.54) is 17.7 Å². The molecule has 0 bridgehead atoms. The smallest absolute Gasteiger partial charge is 0.252 e. The molecule has 1 atom stereocenters. The number of hydrogen-bond acceptors (Lipinski definition) is 4. The van der Waals surface area contributed by atoms with Gasteiger partial charge in [0.05, 0.1) is 11.6 Å². The number of nitrogens with one attached hydrogen (secondary N) is 1. The van der Waals surface area contributed by atoms with Crippen molar-refractivity contribution in [3.8, 4) is 0 Å². The van der Waals surface area contributed by atoms with Gasteiger partial charge in [0, 0.05) is 12.4 Å². The van der Waals surface area contributed by atoms with Gasteiger partial charge in [-0.2, -0.15) is 16.4 Å². The maximum Gasteiger partial charge on any atom is 0.252 e. The summed E-state index contributed by atoms with van der Waals surface area (Å²) in [4.78, 5) is 16.3. The van der Waals surface area contributed by atoms with Gasteiger partial charge in [0.2, 0.25) is 0 Å². The Morgan fingerprint density at radius 1 is 1.50 bits per heavy atom. The number of thiophene rings is 1.